The van der Waals surface area contributed by atoms with E-state index in [-0.39, 0.29) is 42.1 Å². The van der Waals surface area contributed by atoms with Crippen LogP contribution >= 0.6 is 12.4 Å². The minimum Gasteiger partial charge on any atom is -0.381 e. The molecule has 1 unspecified atom stereocenters. The van der Waals surface area contributed by atoms with Gasteiger partial charge in [-0.05, 0) is 30.5 Å². The summed E-state index contributed by atoms with van der Waals surface area (Å²) in [6.07, 6.45) is 1.56. The van der Waals surface area contributed by atoms with Gasteiger partial charge in [0.25, 0.3) is 0 Å². The highest BCUT2D eigenvalue weighted by atomic mass is 35.5. The Morgan fingerprint density at radius 3 is 2.54 bits per heavy atom. The number of carbonyl (C=O) groups is 1. The summed E-state index contributed by atoms with van der Waals surface area (Å²) in [6.45, 7) is 2.08. The monoisotopic (exact) mass is 360 g/mol. The third-order valence-corrected chi connectivity index (χ3v) is 4.54. The fraction of sp³-hybridized carbons (Fsp3) is 0.588. The first-order valence-electron chi connectivity index (χ1n) is 7.93. The van der Waals surface area contributed by atoms with Crippen molar-refractivity contribution < 1.29 is 18.7 Å². The van der Waals surface area contributed by atoms with Crippen LogP contribution in [0.3, 0.4) is 0 Å². The Morgan fingerprint density at radius 2 is 2.00 bits per heavy atom. The van der Waals surface area contributed by atoms with Gasteiger partial charge in [-0.1, -0.05) is 12.1 Å². The number of halogens is 2. The first-order valence-corrected chi connectivity index (χ1v) is 7.93. The molecule has 24 heavy (non-hydrogen) atoms. The molecule has 1 atom stereocenters. The van der Waals surface area contributed by atoms with E-state index in [1.807, 2.05) is 0 Å². The second kappa shape index (κ2) is 9.93. The topological polar surface area (TPSA) is 73.6 Å². The van der Waals surface area contributed by atoms with Gasteiger partial charge in [0, 0.05) is 38.8 Å². The molecule has 136 valence electrons. The van der Waals surface area contributed by atoms with Crippen LogP contribution < -0.4 is 11.1 Å². The van der Waals surface area contributed by atoms with Gasteiger partial charge in [0.1, 0.15) is 5.82 Å². The molecule has 1 aliphatic heterocycles. The molecule has 1 amide bonds. The van der Waals surface area contributed by atoms with Crippen molar-refractivity contribution in [1.82, 2.24) is 5.32 Å². The van der Waals surface area contributed by atoms with Crippen molar-refractivity contribution in [3.63, 3.8) is 0 Å². The zero-order valence-corrected chi connectivity index (χ0v) is 14.7. The van der Waals surface area contributed by atoms with E-state index in [1.165, 1.54) is 12.1 Å². The lowest BCUT2D eigenvalue weighted by Gasteiger charge is -2.38. The number of hydrogen-bond donors (Lipinski definition) is 2. The number of hydrogen-bond acceptors (Lipinski definition) is 4. The predicted molar refractivity (Wildman–Crippen MR) is 92.9 cm³/mol. The first-order chi connectivity index (χ1) is 11.1. The number of ether oxygens (including phenoxy) is 2. The standard InChI is InChI=1S/C17H25FN2O3.ClH/c1-22-15(11-19)10-16(21)20-12-17(6-8-23-9-7-17)13-2-4-14(18)5-3-13;/h2-5,15H,6-12,19H2,1H3,(H,20,21);1H. The lowest BCUT2D eigenvalue weighted by molar-refractivity contribution is -0.123. The van der Waals surface area contributed by atoms with E-state index in [1.54, 1.807) is 19.2 Å². The van der Waals surface area contributed by atoms with Crippen molar-refractivity contribution >= 4 is 18.3 Å². The van der Waals surface area contributed by atoms with E-state index >= 15 is 0 Å². The zero-order chi connectivity index (χ0) is 16.7. The number of nitrogens with two attached hydrogens (primary N) is 1. The van der Waals surface area contributed by atoms with Crippen LogP contribution in [0.4, 0.5) is 4.39 Å². The van der Waals surface area contributed by atoms with Crippen LogP contribution in [-0.4, -0.2) is 45.4 Å². The Labute approximate surface area is 148 Å². The minimum atomic E-state index is -0.272. The fourth-order valence-electron chi connectivity index (χ4n) is 2.94. The predicted octanol–water partition coefficient (Wildman–Crippen LogP) is 1.78. The van der Waals surface area contributed by atoms with Crippen LogP contribution in [0, 0.1) is 5.82 Å². The average molecular weight is 361 g/mol. The molecule has 0 aliphatic carbocycles. The molecule has 5 nitrogen and oxygen atoms in total. The number of carbonyl (C=O) groups excluding carboxylic acids is 1. The summed E-state index contributed by atoms with van der Waals surface area (Å²) in [6, 6.07) is 6.52. The second-order valence-corrected chi connectivity index (χ2v) is 5.97. The van der Waals surface area contributed by atoms with Gasteiger partial charge in [0.05, 0.1) is 12.5 Å². The van der Waals surface area contributed by atoms with Gasteiger partial charge in [-0.15, -0.1) is 12.4 Å². The third kappa shape index (κ3) is 5.41. The van der Waals surface area contributed by atoms with Crippen molar-refractivity contribution in [3.8, 4) is 0 Å². The highest BCUT2D eigenvalue weighted by Gasteiger charge is 2.35. The maximum atomic E-state index is 13.2. The summed E-state index contributed by atoms with van der Waals surface area (Å²) in [5.41, 5.74) is 6.36. The molecule has 1 fully saturated rings. The van der Waals surface area contributed by atoms with Crippen LogP contribution in [0.1, 0.15) is 24.8 Å². The van der Waals surface area contributed by atoms with E-state index in [0.29, 0.717) is 26.3 Å². The largest absolute Gasteiger partial charge is 0.381 e. The van der Waals surface area contributed by atoms with Crippen molar-refractivity contribution in [2.24, 2.45) is 5.73 Å². The molecule has 2 rings (SSSR count). The highest BCUT2D eigenvalue weighted by Crippen LogP contribution is 2.34. The molecule has 1 aromatic carbocycles. The highest BCUT2D eigenvalue weighted by molar-refractivity contribution is 5.85. The zero-order valence-electron chi connectivity index (χ0n) is 13.9. The van der Waals surface area contributed by atoms with Gasteiger partial charge in [-0.3, -0.25) is 4.79 Å². The quantitative estimate of drug-likeness (QED) is 0.777. The third-order valence-electron chi connectivity index (χ3n) is 4.54. The summed E-state index contributed by atoms with van der Waals surface area (Å²) in [4.78, 5) is 12.1. The van der Waals surface area contributed by atoms with Crippen LogP contribution in [-0.2, 0) is 19.7 Å². The van der Waals surface area contributed by atoms with Crippen LogP contribution in [0.2, 0.25) is 0 Å². The molecule has 7 heteroatoms. The van der Waals surface area contributed by atoms with Gasteiger partial charge >= 0.3 is 0 Å². The lowest BCUT2D eigenvalue weighted by Crippen LogP contribution is -2.45. The van der Waals surface area contributed by atoms with Crippen LogP contribution in [0.5, 0.6) is 0 Å². The summed E-state index contributed by atoms with van der Waals surface area (Å²) >= 11 is 0. The molecule has 3 N–H and O–H groups in total. The first kappa shape index (κ1) is 20.8. The Balaban J connectivity index is 0.00000288. The molecule has 1 aliphatic rings. The molecule has 0 radical (unpaired) electrons. The van der Waals surface area contributed by atoms with E-state index in [2.05, 4.69) is 5.32 Å². The van der Waals surface area contributed by atoms with Crippen molar-refractivity contribution in [2.75, 3.05) is 33.4 Å². The fourth-order valence-corrected chi connectivity index (χ4v) is 2.94. The Hall–Kier alpha value is -1.21. The Kier molecular flexibility index (Phi) is 8.62. The lowest BCUT2D eigenvalue weighted by atomic mass is 9.74. The van der Waals surface area contributed by atoms with Crippen molar-refractivity contribution in [1.29, 1.82) is 0 Å². The summed E-state index contributed by atoms with van der Waals surface area (Å²) < 4.78 is 23.8. The molecule has 1 aromatic rings. The van der Waals surface area contributed by atoms with Gasteiger partial charge < -0.3 is 20.5 Å². The molecule has 0 bridgehead atoms. The van der Waals surface area contributed by atoms with Crippen LogP contribution in [0.15, 0.2) is 24.3 Å². The summed E-state index contributed by atoms with van der Waals surface area (Å²) in [5.74, 6) is -0.346. The van der Waals surface area contributed by atoms with Crippen molar-refractivity contribution in [3.05, 3.63) is 35.6 Å². The van der Waals surface area contributed by atoms with Gasteiger partial charge in [-0.2, -0.15) is 0 Å². The normalized spacial score (nSPS) is 17.6. The SMILES string of the molecule is COC(CN)CC(=O)NCC1(c2ccc(F)cc2)CCOCC1.Cl. The molecular weight excluding hydrogens is 335 g/mol. The van der Waals surface area contributed by atoms with E-state index in [4.69, 9.17) is 15.2 Å². The number of amides is 1. The minimum absolute atomic E-state index is 0. The Bertz CT molecular complexity index is 503. The maximum Gasteiger partial charge on any atom is 0.222 e. The van der Waals surface area contributed by atoms with Crippen molar-refractivity contribution in [2.45, 2.75) is 30.8 Å². The van der Waals surface area contributed by atoms with E-state index in [9.17, 15) is 9.18 Å². The number of methoxy groups -OCH3 is 1. The van der Waals surface area contributed by atoms with Gasteiger partial charge in [0.15, 0.2) is 0 Å². The smallest absolute Gasteiger partial charge is 0.222 e. The average Bonchev–Trinajstić information content (AvgIpc) is 2.59. The molecule has 1 heterocycles. The molecule has 1 saturated heterocycles. The van der Waals surface area contributed by atoms with Crippen LogP contribution in [0.25, 0.3) is 0 Å². The molecular formula is C17H26ClFN2O3. The summed E-state index contributed by atoms with van der Waals surface area (Å²) in [7, 11) is 1.54. The summed E-state index contributed by atoms with van der Waals surface area (Å²) in [5, 5.41) is 2.98. The Morgan fingerprint density at radius 1 is 1.38 bits per heavy atom. The number of rotatable bonds is 7. The number of nitrogens with one attached hydrogen (secondary N) is 1. The molecule has 0 spiro atoms. The number of benzene rings is 1. The van der Waals surface area contributed by atoms with E-state index < -0.39 is 0 Å². The maximum absolute atomic E-state index is 13.2. The van der Waals surface area contributed by atoms with Gasteiger partial charge in [-0.25, -0.2) is 4.39 Å². The molecule has 0 saturated carbocycles. The van der Waals surface area contributed by atoms with Gasteiger partial charge in [0.2, 0.25) is 5.91 Å². The van der Waals surface area contributed by atoms with E-state index in [0.717, 1.165) is 18.4 Å². The second-order valence-electron chi connectivity index (χ2n) is 5.97. The molecule has 0 aromatic heterocycles.